The van der Waals surface area contributed by atoms with E-state index >= 15 is 0 Å². The van der Waals surface area contributed by atoms with E-state index in [-0.39, 0.29) is 11.9 Å². The summed E-state index contributed by atoms with van der Waals surface area (Å²) >= 11 is 0. The summed E-state index contributed by atoms with van der Waals surface area (Å²) in [6, 6.07) is 7.21. The first-order chi connectivity index (χ1) is 10.0. The molecule has 0 spiro atoms. The molecule has 1 aromatic carbocycles. The van der Waals surface area contributed by atoms with Crippen molar-refractivity contribution in [1.29, 1.82) is 0 Å². The van der Waals surface area contributed by atoms with Crippen molar-refractivity contribution >= 4 is 11.9 Å². The van der Waals surface area contributed by atoms with Gasteiger partial charge >= 0.3 is 5.97 Å². The average molecular weight is 293 g/mol. The van der Waals surface area contributed by atoms with Gasteiger partial charge in [-0.05, 0) is 37.5 Å². The lowest BCUT2D eigenvalue weighted by atomic mass is 10.1. The fourth-order valence-electron chi connectivity index (χ4n) is 2.31. The van der Waals surface area contributed by atoms with Gasteiger partial charge < -0.3 is 19.9 Å². The number of carboxylic acids is 1. The Bertz CT molecular complexity index is 531. The Morgan fingerprint density at radius 1 is 1.38 bits per heavy atom. The van der Waals surface area contributed by atoms with Crippen LogP contribution in [0.5, 0.6) is 5.75 Å². The van der Waals surface area contributed by atoms with E-state index in [4.69, 9.17) is 14.6 Å². The Labute approximate surface area is 123 Å². The smallest absolute Gasteiger partial charge is 0.332 e. The number of carboxylic acid groups (broad SMARTS) is 1. The molecule has 1 aromatic rings. The average Bonchev–Trinajstić information content (AvgIpc) is 2.97. The second-order valence-electron chi connectivity index (χ2n) is 5.04. The summed E-state index contributed by atoms with van der Waals surface area (Å²) in [7, 11) is 1.58. The molecule has 1 unspecified atom stereocenters. The number of benzene rings is 1. The van der Waals surface area contributed by atoms with Gasteiger partial charge in [0.2, 0.25) is 5.91 Å². The molecule has 6 heteroatoms. The molecule has 0 radical (unpaired) electrons. The van der Waals surface area contributed by atoms with Gasteiger partial charge in [0.05, 0.1) is 13.2 Å². The maximum absolute atomic E-state index is 12.1. The van der Waals surface area contributed by atoms with Crippen LogP contribution in [0.3, 0.4) is 0 Å². The fraction of sp³-hybridized carbons (Fsp3) is 0.467. The monoisotopic (exact) mass is 293 g/mol. The van der Waals surface area contributed by atoms with Gasteiger partial charge in [0, 0.05) is 0 Å². The third kappa shape index (κ3) is 3.72. The molecule has 0 aromatic heterocycles. The van der Waals surface area contributed by atoms with Crippen LogP contribution in [0, 0.1) is 0 Å². The van der Waals surface area contributed by atoms with E-state index in [1.807, 2.05) is 31.2 Å². The minimum Gasteiger partial charge on any atom is -0.497 e. The molecule has 6 nitrogen and oxygen atoms in total. The van der Waals surface area contributed by atoms with Crippen molar-refractivity contribution in [2.45, 2.75) is 38.0 Å². The molecule has 2 rings (SSSR count). The van der Waals surface area contributed by atoms with Crippen molar-refractivity contribution in [3.8, 4) is 5.75 Å². The van der Waals surface area contributed by atoms with Crippen LogP contribution in [0.2, 0.25) is 0 Å². The van der Waals surface area contributed by atoms with Crippen molar-refractivity contribution in [2.24, 2.45) is 0 Å². The number of rotatable bonds is 5. The number of methoxy groups -OCH3 is 1. The first-order valence-corrected chi connectivity index (χ1v) is 6.84. The molecule has 1 fully saturated rings. The fourth-order valence-corrected chi connectivity index (χ4v) is 2.31. The normalized spacial score (nSPS) is 22.6. The zero-order chi connectivity index (χ0) is 15.4. The Morgan fingerprint density at radius 2 is 2.10 bits per heavy atom. The molecule has 1 aliphatic rings. The molecule has 2 N–H and O–H groups in total. The quantitative estimate of drug-likeness (QED) is 0.859. The highest BCUT2D eigenvalue weighted by atomic mass is 16.5. The summed E-state index contributed by atoms with van der Waals surface area (Å²) in [6.07, 6.45) is -0.791. The number of ether oxygens (including phenoxy) is 2. The molecule has 1 aliphatic heterocycles. The highest BCUT2D eigenvalue weighted by Gasteiger charge is 2.35. The zero-order valence-electron chi connectivity index (χ0n) is 12.0. The van der Waals surface area contributed by atoms with Gasteiger partial charge in [-0.15, -0.1) is 0 Å². The lowest BCUT2D eigenvalue weighted by Gasteiger charge is -2.18. The zero-order valence-corrected chi connectivity index (χ0v) is 12.0. The largest absolute Gasteiger partial charge is 0.497 e. The number of nitrogens with one attached hydrogen (secondary N) is 1. The second-order valence-corrected chi connectivity index (χ2v) is 5.04. The first-order valence-electron chi connectivity index (χ1n) is 6.84. The number of aliphatic carboxylic acids is 1. The number of amides is 1. The van der Waals surface area contributed by atoms with Gasteiger partial charge in [-0.25, -0.2) is 4.79 Å². The van der Waals surface area contributed by atoms with Gasteiger partial charge in [0.15, 0.2) is 6.10 Å². The van der Waals surface area contributed by atoms with E-state index in [0.717, 1.165) is 11.3 Å². The van der Waals surface area contributed by atoms with Gasteiger partial charge in [0.1, 0.15) is 11.9 Å². The SMILES string of the molecule is COc1cccc(C(C)NC(=O)[C@@H]2CC[C@H](C(=O)O)O2)c1. The predicted octanol–water partition coefficient (Wildman–Crippen LogP) is 1.50. The van der Waals surface area contributed by atoms with Gasteiger partial charge in [-0.2, -0.15) is 0 Å². The summed E-state index contributed by atoms with van der Waals surface area (Å²) in [6.45, 7) is 1.86. The molecule has 1 heterocycles. The van der Waals surface area contributed by atoms with Crippen molar-refractivity contribution in [3.63, 3.8) is 0 Å². The Morgan fingerprint density at radius 3 is 2.71 bits per heavy atom. The summed E-state index contributed by atoms with van der Waals surface area (Å²) in [5.41, 5.74) is 0.912. The Balaban J connectivity index is 1.94. The summed E-state index contributed by atoms with van der Waals surface area (Å²) in [5.74, 6) is -0.586. The van der Waals surface area contributed by atoms with E-state index in [9.17, 15) is 9.59 Å². The van der Waals surface area contributed by atoms with Gasteiger partial charge in [0.25, 0.3) is 0 Å². The van der Waals surface area contributed by atoms with Crippen LogP contribution >= 0.6 is 0 Å². The number of carbonyl (C=O) groups is 2. The van der Waals surface area contributed by atoms with Crippen molar-refractivity contribution in [1.82, 2.24) is 5.32 Å². The maximum Gasteiger partial charge on any atom is 0.332 e. The Kier molecular flexibility index (Phi) is 4.80. The minimum absolute atomic E-state index is 0.208. The van der Waals surface area contributed by atoms with E-state index in [2.05, 4.69) is 5.32 Å². The molecular weight excluding hydrogens is 274 g/mol. The number of hydrogen-bond acceptors (Lipinski definition) is 4. The second kappa shape index (κ2) is 6.58. The molecule has 0 saturated carbocycles. The van der Waals surface area contributed by atoms with Crippen LogP contribution in [-0.2, 0) is 14.3 Å². The minimum atomic E-state index is -1.02. The summed E-state index contributed by atoms with van der Waals surface area (Å²) in [4.78, 5) is 22.9. The van der Waals surface area contributed by atoms with Crippen molar-refractivity contribution in [3.05, 3.63) is 29.8 Å². The molecule has 1 amide bonds. The molecule has 114 valence electrons. The highest BCUT2D eigenvalue weighted by molar-refractivity contribution is 5.83. The lowest BCUT2D eigenvalue weighted by molar-refractivity contribution is -0.151. The highest BCUT2D eigenvalue weighted by Crippen LogP contribution is 2.22. The lowest BCUT2D eigenvalue weighted by Crippen LogP contribution is -2.37. The van der Waals surface area contributed by atoms with Crippen molar-refractivity contribution in [2.75, 3.05) is 7.11 Å². The van der Waals surface area contributed by atoms with Crippen LogP contribution in [0.25, 0.3) is 0 Å². The first kappa shape index (κ1) is 15.3. The maximum atomic E-state index is 12.1. The predicted molar refractivity (Wildman–Crippen MR) is 75.1 cm³/mol. The topological polar surface area (TPSA) is 84.9 Å². The van der Waals surface area contributed by atoms with Crippen LogP contribution in [0.15, 0.2) is 24.3 Å². The van der Waals surface area contributed by atoms with Gasteiger partial charge in [-0.3, -0.25) is 4.79 Å². The molecule has 1 saturated heterocycles. The molecule has 21 heavy (non-hydrogen) atoms. The Hall–Kier alpha value is -2.08. The van der Waals surface area contributed by atoms with Crippen LogP contribution in [-0.4, -0.2) is 36.3 Å². The summed E-state index contributed by atoms with van der Waals surface area (Å²) < 4.78 is 10.4. The van der Waals surface area contributed by atoms with Crippen LogP contribution in [0.4, 0.5) is 0 Å². The van der Waals surface area contributed by atoms with Crippen LogP contribution < -0.4 is 10.1 Å². The number of carbonyl (C=O) groups excluding carboxylic acids is 1. The van der Waals surface area contributed by atoms with E-state index in [0.29, 0.717) is 12.8 Å². The van der Waals surface area contributed by atoms with Gasteiger partial charge in [-0.1, -0.05) is 12.1 Å². The molecule has 0 aliphatic carbocycles. The molecular formula is C15H19NO5. The van der Waals surface area contributed by atoms with E-state index in [1.54, 1.807) is 7.11 Å². The third-order valence-electron chi connectivity index (χ3n) is 3.54. The molecule has 0 bridgehead atoms. The summed E-state index contributed by atoms with van der Waals surface area (Å²) in [5, 5.41) is 11.7. The molecule has 3 atom stereocenters. The van der Waals surface area contributed by atoms with E-state index < -0.39 is 18.2 Å². The number of hydrogen-bond donors (Lipinski definition) is 2. The standard InChI is InChI=1S/C15H19NO5/c1-9(10-4-3-5-11(8-10)20-2)16-14(17)12-6-7-13(21-12)15(18)19/h3-5,8-9,12-13H,6-7H2,1-2H3,(H,16,17)(H,18,19)/t9?,12-,13+/m0/s1. The third-order valence-corrected chi connectivity index (χ3v) is 3.54. The van der Waals surface area contributed by atoms with Crippen LogP contribution in [0.1, 0.15) is 31.4 Å². The van der Waals surface area contributed by atoms with E-state index in [1.165, 1.54) is 0 Å². The van der Waals surface area contributed by atoms with Crippen molar-refractivity contribution < 1.29 is 24.2 Å².